The minimum absolute atomic E-state index is 0.0503. The van der Waals surface area contributed by atoms with Crippen molar-refractivity contribution in [3.8, 4) is 0 Å². The van der Waals surface area contributed by atoms with E-state index in [1.165, 1.54) is 128 Å². The quantitative estimate of drug-likeness (QED) is 0.0228. The van der Waals surface area contributed by atoms with E-state index in [4.69, 9.17) is 23.7 Å². The van der Waals surface area contributed by atoms with Gasteiger partial charge in [0.1, 0.15) is 18.8 Å². The average Bonchev–Trinajstić information content (AvgIpc) is 3.45. The van der Waals surface area contributed by atoms with Gasteiger partial charge in [-0.1, -0.05) is 260 Å². The van der Waals surface area contributed by atoms with Crippen LogP contribution in [0.4, 0.5) is 0 Å². The lowest BCUT2D eigenvalue weighted by molar-refractivity contribution is -0.301. The number of aliphatic hydroxyl groups excluding tert-OH is 2. The Morgan fingerprint density at radius 3 is 1.23 bits per heavy atom. The molecule has 1 saturated heterocycles. The van der Waals surface area contributed by atoms with Crippen LogP contribution in [0.2, 0.25) is 0 Å². The van der Waals surface area contributed by atoms with Crippen LogP contribution in [0.5, 0.6) is 0 Å². The van der Waals surface area contributed by atoms with E-state index in [0.29, 0.717) is 19.3 Å². The van der Waals surface area contributed by atoms with E-state index < -0.39 is 67.3 Å². The second-order valence-electron chi connectivity index (χ2n) is 22.0. The van der Waals surface area contributed by atoms with Crippen molar-refractivity contribution in [2.75, 3.05) is 13.2 Å². The van der Waals surface area contributed by atoms with Gasteiger partial charge < -0.3 is 39.0 Å². The fraction of sp³-hybridized carbons (Fsp3) is 0.739. The molecular weight excluding hydrogens is 1020 g/mol. The van der Waals surface area contributed by atoms with Gasteiger partial charge in [0.2, 0.25) is 0 Å². The minimum atomic E-state index is -1.91. The van der Waals surface area contributed by atoms with Gasteiger partial charge in [-0.05, 0) is 83.5 Å². The molecule has 0 spiro atoms. The molecule has 6 atom stereocenters. The third kappa shape index (κ3) is 46.0. The minimum Gasteiger partial charge on any atom is -0.479 e. The van der Waals surface area contributed by atoms with E-state index >= 15 is 0 Å². The number of hydrogen-bond donors (Lipinski definition) is 3. The number of aliphatic carboxylic acids is 1. The second-order valence-corrected chi connectivity index (χ2v) is 22.0. The first-order chi connectivity index (χ1) is 39.6. The largest absolute Gasteiger partial charge is 0.479 e. The number of ether oxygens (including phenoxy) is 5. The SMILES string of the molecule is CC/C=C\C/C=C\C/C=C\C/C=C\C/C=C\C/C=C\CCC(=O)OCC(COC1OC(C(=O)O)C(O)C(O)C1OC(=O)CCCCCCCCCCC/C=C\CCCCCCCC)OC(=O)CCCCCCCCCCCCCCC. The molecular formula is C69H116O12. The van der Waals surface area contributed by atoms with E-state index in [2.05, 4.69) is 93.7 Å². The van der Waals surface area contributed by atoms with Crippen LogP contribution in [0.15, 0.2) is 85.1 Å². The zero-order valence-corrected chi connectivity index (χ0v) is 51.3. The Labute approximate surface area is 492 Å². The van der Waals surface area contributed by atoms with Crippen molar-refractivity contribution in [2.45, 2.75) is 314 Å². The Morgan fingerprint density at radius 1 is 0.420 bits per heavy atom. The van der Waals surface area contributed by atoms with Gasteiger partial charge in [-0.2, -0.15) is 0 Å². The molecule has 1 fully saturated rings. The van der Waals surface area contributed by atoms with Crippen LogP contribution < -0.4 is 0 Å². The zero-order chi connectivity index (χ0) is 58.9. The maximum atomic E-state index is 13.2. The van der Waals surface area contributed by atoms with Crippen molar-refractivity contribution in [3.05, 3.63) is 85.1 Å². The summed E-state index contributed by atoms with van der Waals surface area (Å²) in [4.78, 5) is 51.3. The molecule has 1 heterocycles. The molecule has 0 amide bonds. The van der Waals surface area contributed by atoms with Crippen LogP contribution in [-0.2, 0) is 42.9 Å². The van der Waals surface area contributed by atoms with Crippen LogP contribution in [0.3, 0.4) is 0 Å². The summed E-state index contributed by atoms with van der Waals surface area (Å²) in [7, 11) is 0. The summed E-state index contributed by atoms with van der Waals surface area (Å²) in [5.41, 5.74) is 0. The van der Waals surface area contributed by atoms with Gasteiger partial charge in [0.25, 0.3) is 0 Å². The summed E-state index contributed by atoms with van der Waals surface area (Å²) < 4.78 is 28.4. The van der Waals surface area contributed by atoms with Gasteiger partial charge in [0.05, 0.1) is 6.61 Å². The highest BCUT2D eigenvalue weighted by Crippen LogP contribution is 2.27. The van der Waals surface area contributed by atoms with Gasteiger partial charge in [-0.15, -0.1) is 0 Å². The van der Waals surface area contributed by atoms with E-state index in [9.17, 15) is 34.5 Å². The first-order valence-electron chi connectivity index (χ1n) is 32.6. The van der Waals surface area contributed by atoms with Crippen LogP contribution in [0.1, 0.15) is 278 Å². The van der Waals surface area contributed by atoms with Crippen LogP contribution in [0, 0.1) is 0 Å². The Morgan fingerprint density at radius 2 is 0.802 bits per heavy atom. The summed E-state index contributed by atoms with van der Waals surface area (Å²) in [5.74, 6) is -3.22. The van der Waals surface area contributed by atoms with Crippen molar-refractivity contribution in [1.29, 1.82) is 0 Å². The molecule has 12 heteroatoms. The predicted molar refractivity (Wildman–Crippen MR) is 331 cm³/mol. The summed E-state index contributed by atoms with van der Waals surface area (Å²) in [6.07, 6.45) is 61.3. The summed E-state index contributed by atoms with van der Waals surface area (Å²) >= 11 is 0. The van der Waals surface area contributed by atoms with Crippen molar-refractivity contribution < 1.29 is 58.2 Å². The molecule has 3 N–H and O–H groups in total. The summed E-state index contributed by atoms with van der Waals surface area (Å²) in [5, 5.41) is 31.6. The number of carboxylic acids is 1. The Balaban J connectivity index is 2.68. The van der Waals surface area contributed by atoms with Crippen LogP contribution in [0.25, 0.3) is 0 Å². The number of rotatable bonds is 55. The zero-order valence-electron chi connectivity index (χ0n) is 51.3. The number of esters is 3. The van der Waals surface area contributed by atoms with Gasteiger partial charge in [0.15, 0.2) is 24.6 Å². The first-order valence-corrected chi connectivity index (χ1v) is 32.6. The van der Waals surface area contributed by atoms with Gasteiger partial charge >= 0.3 is 23.9 Å². The van der Waals surface area contributed by atoms with Crippen LogP contribution in [-0.4, -0.2) is 89.2 Å². The third-order valence-corrected chi connectivity index (χ3v) is 14.5. The molecule has 81 heavy (non-hydrogen) atoms. The normalized spacial score (nSPS) is 18.3. The third-order valence-electron chi connectivity index (χ3n) is 14.5. The number of allylic oxidation sites excluding steroid dienone is 14. The lowest BCUT2D eigenvalue weighted by Gasteiger charge is -2.40. The molecule has 0 aromatic rings. The molecule has 1 aliphatic rings. The van der Waals surface area contributed by atoms with E-state index in [1.807, 2.05) is 12.2 Å². The summed E-state index contributed by atoms with van der Waals surface area (Å²) in [6, 6.07) is 0. The maximum absolute atomic E-state index is 13.2. The highest BCUT2D eigenvalue weighted by molar-refractivity contribution is 5.74. The van der Waals surface area contributed by atoms with Gasteiger partial charge in [-0.3, -0.25) is 14.4 Å². The fourth-order valence-electron chi connectivity index (χ4n) is 9.51. The second kappa shape index (κ2) is 56.4. The predicted octanol–water partition coefficient (Wildman–Crippen LogP) is 17.5. The molecule has 0 bridgehead atoms. The topological polar surface area (TPSA) is 175 Å². The molecule has 0 aromatic heterocycles. The summed E-state index contributed by atoms with van der Waals surface area (Å²) in [6.45, 7) is 5.84. The average molecular weight is 1140 g/mol. The van der Waals surface area contributed by atoms with Crippen molar-refractivity contribution in [3.63, 3.8) is 0 Å². The molecule has 6 unspecified atom stereocenters. The molecule has 1 rings (SSSR count). The number of hydrogen-bond acceptors (Lipinski definition) is 11. The van der Waals surface area contributed by atoms with Crippen molar-refractivity contribution in [2.24, 2.45) is 0 Å². The highest BCUT2D eigenvalue weighted by atomic mass is 16.7. The molecule has 0 saturated carbocycles. The molecule has 1 aliphatic heterocycles. The van der Waals surface area contributed by atoms with E-state index in [-0.39, 0.29) is 25.9 Å². The standard InChI is InChI=1S/C69H116O12/c1-4-7-10-13-16-19-22-25-27-29-31-33-35-38-40-43-46-49-52-55-61(70)77-58-60(79-62(71)56-53-50-47-44-41-37-24-21-18-15-12-9-6-3)59-78-69-67(65(74)64(73)66(81-69)68(75)76)80-63(72)57-54-51-48-45-42-39-36-34-32-30-28-26-23-20-17-14-11-8-5-2/h7,10,16,19,25-28,31,33,38,40,46,49,60,64-67,69,73-74H,4-6,8-9,11-15,17-18,20-24,29-30,32,34-37,39,41-45,47-48,50-59H2,1-3H3,(H,75,76)/b10-7-,19-16-,27-25-,28-26-,33-31-,40-38-,49-46-. The maximum Gasteiger partial charge on any atom is 0.335 e. The van der Waals surface area contributed by atoms with E-state index in [1.54, 1.807) is 0 Å². The van der Waals surface area contributed by atoms with Crippen LogP contribution >= 0.6 is 0 Å². The smallest absolute Gasteiger partial charge is 0.335 e. The number of carbonyl (C=O) groups is 4. The molecule has 12 nitrogen and oxygen atoms in total. The van der Waals surface area contributed by atoms with Crippen molar-refractivity contribution in [1.82, 2.24) is 0 Å². The van der Waals surface area contributed by atoms with Gasteiger partial charge in [0, 0.05) is 19.3 Å². The van der Waals surface area contributed by atoms with Crippen molar-refractivity contribution >= 4 is 23.9 Å². The number of carboxylic acid groups (broad SMARTS) is 1. The Bertz CT molecular complexity index is 1730. The number of aliphatic hydroxyl groups is 2. The fourth-order valence-corrected chi connectivity index (χ4v) is 9.51. The van der Waals surface area contributed by atoms with Gasteiger partial charge in [-0.25, -0.2) is 4.79 Å². The molecule has 0 radical (unpaired) electrons. The number of carbonyl (C=O) groups excluding carboxylic acids is 3. The molecule has 0 aromatic carbocycles. The lowest BCUT2D eigenvalue weighted by atomic mass is 9.98. The lowest BCUT2D eigenvalue weighted by Crippen LogP contribution is -2.61. The van der Waals surface area contributed by atoms with E-state index in [0.717, 1.165) is 89.9 Å². The Hall–Kier alpha value is -4.10. The highest BCUT2D eigenvalue weighted by Gasteiger charge is 2.50. The molecule has 464 valence electrons. The number of unbranched alkanes of at least 4 members (excludes halogenated alkanes) is 27. The first kappa shape index (κ1) is 74.9. The Kier molecular flexibility index (Phi) is 52.1. The monoisotopic (exact) mass is 1140 g/mol. The molecule has 0 aliphatic carbocycles.